The Balaban J connectivity index is 1.94. The minimum atomic E-state index is -0.524. The number of hydrogen-bond acceptors (Lipinski definition) is 5. The summed E-state index contributed by atoms with van der Waals surface area (Å²) in [5.41, 5.74) is 0.561. The van der Waals surface area contributed by atoms with E-state index < -0.39 is 12.2 Å². The molecule has 0 spiro atoms. The Kier molecular flexibility index (Phi) is 4.04. The van der Waals surface area contributed by atoms with Crippen LogP contribution in [-0.4, -0.2) is 59.0 Å². The average Bonchev–Trinajstić information content (AvgIpc) is 2.85. The molecule has 0 unspecified atom stereocenters. The summed E-state index contributed by atoms with van der Waals surface area (Å²) < 4.78 is 5.20. The van der Waals surface area contributed by atoms with Crippen LogP contribution in [0.4, 0.5) is 0 Å². The zero-order chi connectivity index (χ0) is 13.3. The van der Waals surface area contributed by atoms with Crippen LogP contribution < -0.4 is 0 Å². The number of aliphatic hydroxyl groups excluding tert-OH is 2. The highest BCUT2D eigenvalue weighted by molar-refractivity contribution is 5.87. The molecule has 0 amide bonds. The first-order valence-electron chi connectivity index (χ1n) is 6.44. The molecule has 2 heterocycles. The van der Waals surface area contributed by atoms with Gasteiger partial charge < -0.3 is 14.9 Å². The molecular formula is C13H21NO4. The van der Waals surface area contributed by atoms with Gasteiger partial charge in [0.25, 0.3) is 0 Å². The number of carbonyl (C=O) groups excluding carboxylic acids is 1. The largest absolute Gasteiger partial charge is 0.462 e. The Bertz CT molecular complexity index is 355. The third-order valence-corrected chi connectivity index (χ3v) is 4.04. The molecule has 0 radical (unpaired) electrons. The molecule has 4 atom stereocenters. The van der Waals surface area contributed by atoms with Crippen LogP contribution in [-0.2, 0) is 9.53 Å². The number of hydrogen-bond donors (Lipinski definition) is 2. The van der Waals surface area contributed by atoms with Crippen molar-refractivity contribution >= 4 is 5.97 Å². The normalized spacial score (nSPS) is 36.8. The number of rotatable bonds is 3. The van der Waals surface area contributed by atoms with Crippen molar-refractivity contribution in [2.75, 3.05) is 19.7 Å². The molecule has 2 aliphatic heterocycles. The molecule has 18 heavy (non-hydrogen) atoms. The molecule has 2 fully saturated rings. The molecular weight excluding hydrogens is 234 g/mol. The van der Waals surface area contributed by atoms with E-state index in [0.717, 1.165) is 13.0 Å². The summed E-state index contributed by atoms with van der Waals surface area (Å²) in [6.07, 6.45) is 1.48. The van der Waals surface area contributed by atoms with E-state index in [4.69, 9.17) is 4.74 Å². The second-order valence-electron chi connectivity index (χ2n) is 5.14. The fourth-order valence-corrected chi connectivity index (χ4v) is 2.85. The first-order valence-corrected chi connectivity index (χ1v) is 6.44. The van der Waals surface area contributed by atoms with Crippen molar-refractivity contribution in [3.63, 3.8) is 0 Å². The number of nitrogens with zero attached hydrogens (tertiary/aromatic N) is 1. The summed E-state index contributed by atoms with van der Waals surface area (Å²) >= 11 is 0. The fraction of sp³-hybridized carbons (Fsp3) is 0.769. The Hall–Kier alpha value is -0.910. The van der Waals surface area contributed by atoms with Crippen molar-refractivity contribution in [3.05, 3.63) is 11.6 Å². The van der Waals surface area contributed by atoms with E-state index in [9.17, 15) is 15.0 Å². The van der Waals surface area contributed by atoms with E-state index in [1.165, 1.54) is 0 Å². The summed E-state index contributed by atoms with van der Waals surface area (Å²) in [4.78, 5) is 13.6. The van der Waals surface area contributed by atoms with E-state index >= 15 is 0 Å². The van der Waals surface area contributed by atoms with Crippen molar-refractivity contribution in [2.45, 2.75) is 38.5 Å². The molecule has 0 aromatic carbocycles. The Morgan fingerprint density at radius 1 is 1.44 bits per heavy atom. The summed E-state index contributed by atoms with van der Waals surface area (Å²) in [6.45, 7) is 5.02. The molecule has 2 saturated heterocycles. The maximum atomic E-state index is 11.6. The zero-order valence-corrected chi connectivity index (χ0v) is 10.9. The average molecular weight is 255 g/mol. The predicted molar refractivity (Wildman–Crippen MR) is 65.9 cm³/mol. The molecule has 0 aromatic rings. The maximum Gasteiger partial charge on any atom is 0.333 e. The maximum absolute atomic E-state index is 11.6. The van der Waals surface area contributed by atoms with E-state index in [1.54, 1.807) is 19.9 Å². The van der Waals surface area contributed by atoms with Gasteiger partial charge in [-0.3, -0.25) is 4.90 Å². The highest BCUT2D eigenvalue weighted by Gasteiger charge is 2.48. The van der Waals surface area contributed by atoms with Crippen LogP contribution in [0.2, 0.25) is 0 Å². The molecule has 0 bridgehead atoms. The van der Waals surface area contributed by atoms with Crippen LogP contribution in [0.1, 0.15) is 20.3 Å². The first-order chi connectivity index (χ1) is 8.54. The van der Waals surface area contributed by atoms with Crippen LogP contribution in [0, 0.1) is 5.92 Å². The van der Waals surface area contributed by atoms with Crippen LogP contribution in [0.25, 0.3) is 0 Å². The Morgan fingerprint density at radius 2 is 2.17 bits per heavy atom. The van der Waals surface area contributed by atoms with Crippen molar-refractivity contribution < 1.29 is 19.7 Å². The molecule has 0 saturated carbocycles. The third kappa shape index (κ3) is 2.43. The number of carbonyl (C=O) groups is 1. The lowest BCUT2D eigenvalue weighted by Crippen LogP contribution is -2.37. The van der Waals surface area contributed by atoms with Gasteiger partial charge in [-0.15, -0.1) is 0 Å². The highest BCUT2D eigenvalue weighted by atomic mass is 16.5. The summed E-state index contributed by atoms with van der Waals surface area (Å²) in [5, 5.41) is 19.9. The smallest absolute Gasteiger partial charge is 0.333 e. The standard InChI is InChI=1S/C13H21NO4/c1-3-8(2)13(17)18-7-9-11(16)6-14-5-4-10(15)12(9)14/h3,9-12,15-16H,4-7H2,1-2H3/b8-3-/t9-,10-,11+,12-/m1/s1. The van der Waals surface area contributed by atoms with Gasteiger partial charge in [0.2, 0.25) is 0 Å². The van der Waals surface area contributed by atoms with E-state index in [1.807, 2.05) is 0 Å². The van der Waals surface area contributed by atoms with Gasteiger partial charge in [0.15, 0.2) is 0 Å². The molecule has 2 N–H and O–H groups in total. The lowest BCUT2D eigenvalue weighted by atomic mass is 9.95. The van der Waals surface area contributed by atoms with Gasteiger partial charge in [-0.1, -0.05) is 6.08 Å². The minimum Gasteiger partial charge on any atom is -0.462 e. The van der Waals surface area contributed by atoms with Gasteiger partial charge in [-0.05, 0) is 20.3 Å². The van der Waals surface area contributed by atoms with Crippen molar-refractivity contribution in [1.82, 2.24) is 4.90 Å². The van der Waals surface area contributed by atoms with E-state index in [-0.39, 0.29) is 24.5 Å². The molecule has 5 heteroatoms. The van der Waals surface area contributed by atoms with Crippen molar-refractivity contribution in [1.29, 1.82) is 0 Å². The quantitative estimate of drug-likeness (QED) is 0.545. The summed E-state index contributed by atoms with van der Waals surface area (Å²) in [5.74, 6) is -0.535. The number of allylic oxidation sites excluding steroid dienone is 1. The molecule has 102 valence electrons. The summed E-state index contributed by atoms with van der Waals surface area (Å²) in [7, 11) is 0. The van der Waals surface area contributed by atoms with Gasteiger partial charge in [0.05, 0.1) is 18.8 Å². The second kappa shape index (κ2) is 5.38. The topological polar surface area (TPSA) is 70.0 Å². The van der Waals surface area contributed by atoms with Gasteiger partial charge in [-0.25, -0.2) is 4.79 Å². The van der Waals surface area contributed by atoms with Crippen LogP contribution in [0.5, 0.6) is 0 Å². The monoisotopic (exact) mass is 255 g/mol. The number of ether oxygens (including phenoxy) is 1. The van der Waals surface area contributed by atoms with Gasteiger partial charge in [0.1, 0.15) is 0 Å². The van der Waals surface area contributed by atoms with Gasteiger partial charge >= 0.3 is 5.97 Å². The summed E-state index contributed by atoms with van der Waals surface area (Å²) in [6, 6.07) is -0.0706. The lowest BCUT2D eigenvalue weighted by Gasteiger charge is -2.23. The van der Waals surface area contributed by atoms with Gasteiger partial charge in [0, 0.05) is 30.6 Å². The molecule has 0 aliphatic carbocycles. The Morgan fingerprint density at radius 3 is 2.83 bits per heavy atom. The number of aliphatic hydroxyl groups is 2. The zero-order valence-electron chi connectivity index (χ0n) is 10.9. The number of fused-ring (bicyclic) bond motifs is 1. The first kappa shape index (κ1) is 13.5. The minimum absolute atomic E-state index is 0.0706. The molecule has 2 aliphatic rings. The third-order valence-electron chi connectivity index (χ3n) is 4.04. The fourth-order valence-electron chi connectivity index (χ4n) is 2.85. The van der Waals surface area contributed by atoms with E-state index in [2.05, 4.69) is 4.90 Å². The van der Waals surface area contributed by atoms with Crippen molar-refractivity contribution in [2.24, 2.45) is 5.92 Å². The van der Waals surface area contributed by atoms with Crippen molar-refractivity contribution in [3.8, 4) is 0 Å². The Labute approximate surface area is 107 Å². The van der Waals surface area contributed by atoms with Gasteiger partial charge in [-0.2, -0.15) is 0 Å². The highest BCUT2D eigenvalue weighted by Crippen LogP contribution is 2.33. The molecule has 5 nitrogen and oxygen atoms in total. The second-order valence-corrected chi connectivity index (χ2v) is 5.14. The van der Waals surface area contributed by atoms with Crippen LogP contribution in [0.3, 0.4) is 0 Å². The SMILES string of the molecule is C/C=C(/C)C(=O)OC[C@H]1[C@@H]2[C@H](O)CCN2C[C@@H]1O. The van der Waals surface area contributed by atoms with E-state index in [0.29, 0.717) is 12.1 Å². The van der Waals surface area contributed by atoms with Crippen LogP contribution >= 0.6 is 0 Å². The molecule has 2 rings (SSSR count). The lowest BCUT2D eigenvalue weighted by molar-refractivity contribution is -0.141. The van der Waals surface area contributed by atoms with Crippen LogP contribution in [0.15, 0.2) is 11.6 Å². The predicted octanol–water partition coefficient (Wildman–Crippen LogP) is -0.0783. The number of esters is 1. The molecule has 0 aromatic heterocycles.